The average Bonchev–Trinajstić information content (AvgIpc) is 2.53. The Bertz CT molecular complexity index is 746. The van der Waals surface area contributed by atoms with Gasteiger partial charge in [-0.15, -0.1) is 0 Å². The minimum Gasteiger partial charge on any atom is -0.367 e. The third-order valence-corrected chi connectivity index (χ3v) is 3.90. The fraction of sp³-hybridized carbons (Fsp3) is 0.312. The van der Waals surface area contributed by atoms with Crippen LogP contribution in [0.25, 0.3) is 10.9 Å². The molecule has 2 N–H and O–H groups in total. The van der Waals surface area contributed by atoms with Crippen LogP contribution in [0.5, 0.6) is 0 Å². The van der Waals surface area contributed by atoms with Gasteiger partial charge in [0.15, 0.2) is 5.60 Å². The number of fused-ring (bicyclic) bond motifs is 1. The van der Waals surface area contributed by atoms with E-state index in [1.54, 1.807) is 17.9 Å². The van der Waals surface area contributed by atoms with Crippen LogP contribution in [-0.4, -0.2) is 47.0 Å². The van der Waals surface area contributed by atoms with E-state index in [9.17, 15) is 9.59 Å². The monoisotopic (exact) mass is 299 g/mol. The lowest BCUT2D eigenvalue weighted by molar-refractivity contribution is -0.150. The summed E-state index contributed by atoms with van der Waals surface area (Å²) >= 11 is 0. The Morgan fingerprint density at radius 1 is 1.27 bits per heavy atom. The molecular weight excluding hydrogens is 282 g/mol. The first-order valence-corrected chi connectivity index (χ1v) is 7.08. The van der Waals surface area contributed by atoms with Gasteiger partial charge in [0.25, 0.3) is 11.8 Å². The van der Waals surface area contributed by atoms with Crippen molar-refractivity contribution in [2.75, 3.05) is 19.7 Å². The van der Waals surface area contributed by atoms with Crippen LogP contribution in [0.3, 0.4) is 0 Å². The molecule has 114 valence electrons. The summed E-state index contributed by atoms with van der Waals surface area (Å²) in [5, 5.41) is 0.975. The van der Waals surface area contributed by atoms with Crippen molar-refractivity contribution in [3.8, 4) is 0 Å². The summed E-state index contributed by atoms with van der Waals surface area (Å²) in [7, 11) is 0. The van der Waals surface area contributed by atoms with Gasteiger partial charge in [-0.1, -0.05) is 24.3 Å². The number of pyridine rings is 1. The molecule has 1 saturated heterocycles. The number of benzene rings is 1. The highest BCUT2D eigenvalue weighted by atomic mass is 16.5. The van der Waals surface area contributed by atoms with E-state index < -0.39 is 11.5 Å². The van der Waals surface area contributed by atoms with Gasteiger partial charge in [-0.25, -0.2) is 4.98 Å². The zero-order valence-corrected chi connectivity index (χ0v) is 12.3. The number of carbonyl (C=O) groups excluding carboxylic acids is 2. The largest absolute Gasteiger partial charge is 0.367 e. The van der Waals surface area contributed by atoms with E-state index in [1.807, 2.05) is 30.3 Å². The van der Waals surface area contributed by atoms with E-state index in [-0.39, 0.29) is 19.1 Å². The minimum atomic E-state index is -1.15. The molecule has 22 heavy (non-hydrogen) atoms. The van der Waals surface area contributed by atoms with Gasteiger partial charge in [0, 0.05) is 11.9 Å². The molecule has 6 heteroatoms. The zero-order chi connectivity index (χ0) is 15.7. The molecular formula is C16H17N3O3. The van der Waals surface area contributed by atoms with Crippen molar-refractivity contribution in [3.63, 3.8) is 0 Å². The summed E-state index contributed by atoms with van der Waals surface area (Å²) in [5.41, 5.74) is 5.33. The van der Waals surface area contributed by atoms with Gasteiger partial charge >= 0.3 is 0 Å². The van der Waals surface area contributed by atoms with Crippen LogP contribution in [-0.2, 0) is 9.53 Å². The van der Waals surface area contributed by atoms with Crippen LogP contribution >= 0.6 is 0 Å². The molecule has 1 aromatic carbocycles. The van der Waals surface area contributed by atoms with Crippen molar-refractivity contribution < 1.29 is 14.3 Å². The number of amides is 2. The van der Waals surface area contributed by atoms with Crippen LogP contribution in [0, 0.1) is 0 Å². The second kappa shape index (κ2) is 5.38. The quantitative estimate of drug-likeness (QED) is 0.894. The second-order valence-electron chi connectivity index (χ2n) is 5.56. The molecule has 0 aliphatic carbocycles. The van der Waals surface area contributed by atoms with Crippen LogP contribution in [0.1, 0.15) is 17.4 Å². The minimum absolute atomic E-state index is 0.135. The molecule has 2 aromatic rings. The van der Waals surface area contributed by atoms with Crippen LogP contribution < -0.4 is 5.73 Å². The molecule has 0 spiro atoms. The number of nitrogens with two attached hydrogens (primary N) is 1. The Balaban J connectivity index is 1.87. The maximum Gasteiger partial charge on any atom is 0.272 e. The van der Waals surface area contributed by atoms with Crippen molar-refractivity contribution in [2.45, 2.75) is 12.5 Å². The summed E-state index contributed by atoms with van der Waals surface area (Å²) in [6, 6.07) is 11.2. The van der Waals surface area contributed by atoms with E-state index in [0.29, 0.717) is 12.2 Å². The second-order valence-corrected chi connectivity index (χ2v) is 5.56. The first-order chi connectivity index (χ1) is 10.5. The molecule has 0 radical (unpaired) electrons. The van der Waals surface area contributed by atoms with E-state index in [2.05, 4.69) is 4.98 Å². The van der Waals surface area contributed by atoms with E-state index in [0.717, 1.165) is 10.9 Å². The van der Waals surface area contributed by atoms with Gasteiger partial charge < -0.3 is 15.4 Å². The number of rotatable bonds is 2. The van der Waals surface area contributed by atoms with Gasteiger partial charge in [0.05, 0.1) is 18.7 Å². The van der Waals surface area contributed by atoms with Crippen molar-refractivity contribution in [1.29, 1.82) is 0 Å². The average molecular weight is 299 g/mol. The summed E-state index contributed by atoms with van der Waals surface area (Å²) in [5.74, 6) is -0.794. The fourth-order valence-corrected chi connectivity index (χ4v) is 2.54. The maximum atomic E-state index is 12.6. The number of primary amides is 1. The molecule has 1 aliphatic rings. The number of morpholine rings is 1. The Morgan fingerprint density at radius 3 is 2.82 bits per heavy atom. The molecule has 2 heterocycles. The molecule has 1 fully saturated rings. The number of carbonyl (C=O) groups is 2. The number of aromatic nitrogens is 1. The van der Waals surface area contributed by atoms with Crippen LogP contribution in [0.4, 0.5) is 0 Å². The molecule has 0 saturated carbocycles. The lowest BCUT2D eigenvalue weighted by atomic mass is 10.0. The van der Waals surface area contributed by atoms with E-state index >= 15 is 0 Å². The number of hydrogen-bond donors (Lipinski definition) is 1. The third-order valence-electron chi connectivity index (χ3n) is 3.90. The lowest BCUT2D eigenvalue weighted by Crippen LogP contribution is -2.58. The standard InChI is InChI=1S/C16H17N3O3/c1-16(15(17)21)10-19(8-9-22-16)14(20)13-7-6-11-4-2-3-5-12(11)18-13/h2-7H,8-10H2,1H3,(H2,17,21). The van der Waals surface area contributed by atoms with Gasteiger partial charge in [-0.2, -0.15) is 0 Å². The highest BCUT2D eigenvalue weighted by molar-refractivity contribution is 5.95. The van der Waals surface area contributed by atoms with Gasteiger partial charge in [-0.05, 0) is 19.1 Å². The van der Waals surface area contributed by atoms with Crippen molar-refractivity contribution in [1.82, 2.24) is 9.88 Å². The van der Waals surface area contributed by atoms with Crippen LogP contribution in [0.2, 0.25) is 0 Å². The summed E-state index contributed by atoms with van der Waals surface area (Å²) in [4.78, 5) is 30.1. The molecule has 1 aromatic heterocycles. The third kappa shape index (κ3) is 2.53. The predicted molar refractivity (Wildman–Crippen MR) is 81.2 cm³/mol. The highest BCUT2D eigenvalue weighted by Gasteiger charge is 2.39. The Hall–Kier alpha value is -2.47. The predicted octanol–water partition coefficient (Wildman–Crippen LogP) is 0.951. The molecule has 1 atom stereocenters. The fourth-order valence-electron chi connectivity index (χ4n) is 2.54. The van der Waals surface area contributed by atoms with Crippen molar-refractivity contribution in [2.24, 2.45) is 5.73 Å². The zero-order valence-electron chi connectivity index (χ0n) is 12.3. The van der Waals surface area contributed by atoms with Crippen molar-refractivity contribution >= 4 is 22.7 Å². The molecule has 1 unspecified atom stereocenters. The Kier molecular flexibility index (Phi) is 3.54. The number of para-hydroxylation sites is 1. The molecule has 3 rings (SSSR count). The van der Waals surface area contributed by atoms with Crippen LogP contribution in [0.15, 0.2) is 36.4 Å². The van der Waals surface area contributed by atoms with Gasteiger partial charge in [0.1, 0.15) is 5.69 Å². The molecule has 0 bridgehead atoms. The summed E-state index contributed by atoms with van der Waals surface area (Å²) < 4.78 is 5.42. The topological polar surface area (TPSA) is 85.5 Å². The smallest absolute Gasteiger partial charge is 0.272 e. The lowest BCUT2D eigenvalue weighted by Gasteiger charge is -2.38. The number of ether oxygens (including phenoxy) is 1. The maximum absolute atomic E-state index is 12.6. The number of hydrogen-bond acceptors (Lipinski definition) is 4. The first kappa shape index (κ1) is 14.5. The SMILES string of the molecule is CC1(C(N)=O)CN(C(=O)c2ccc3ccccc3n2)CCO1. The summed E-state index contributed by atoms with van der Waals surface area (Å²) in [6.07, 6.45) is 0. The summed E-state index contributed by atoms with van der Waals surface area (Å²) in [6.45, 7) is 2.42. The molecule has 1 aliphatic heterocycles. The molecule has 2 amide bonds. The normalized spacial score (nSPS) is 21.8. The number of nitrogens with zero attached hydrogens (tertiary/aromatic N) is 2. The Morgan fingerprint density at radius 2 is 2.05 bits per heavy atom. The van der Waals surface area contributed by atoms with E-state index in [1.165, 1.54) is 0 Å². The van der Waals surface area contributed by atoms with Gasteiger partial charge in [-0.3, -0.25) is 9.59 Å². The first-order valence-electron chi connectivity index (χ1n) is 7.08. The Labute approximate surface area is 127 Å². The molecule has 6 nitrogen and oxygen atoms in total. The van der Waals surface area contributed by atoms with Gasteiger partial charge in [0.2, 0.25) is 0 Å². The van der Waals surface area contributed by atoms with Crippen molar-refractivity contribution in [3.05, 3.63) is 42.1 Å². The highest BCUT2D eigenvalue weighted by Crippen LogP contribution is 2.19. The van der Waals surface area contributed by atoms with E-state index in [4.69, 9.17) is 10.5 Å².